The van der Waals surface area contributed by atoms with Crippen LogP contribution in [0.5, 0.6) is 5.75 Å². The average Bonchev–Trinajstić information content (AvgIpc) is 3.42. The molecule has 0 aromatic heterocycles. The Labute approximate surface area is 209 Å². The van der Waals surface area contributed by atoms with Crippen LogP contribution in [0.3, 0.4) is 0 Å². The Bertz CT molecular complexity index is 1090. The predicted octanol–water partition coefficient (Wildman–Crippen LogP) is 4.87. The molecule has 2 aromatic carbocycles. The first-order valence-electron chi connectivity index (χ1n) is 12.3. The van der Waals surface area contributed by atoms with Crippen LogP contribution in [0.2, 0.25) is 0 Å². The Morgan fingerprint density at radius 2 is 1.78 bits per heavy atom. The van der Waals surface area contributed by atoms with Crippen LogP contribution in [0.1, 0.15) is 36.0 Å². The molecule has 2 heterocycles. The molecule has 0 bridgehead atoms. The van der Waals surface area contributed by atoms with E-state index in [-0.39, 0.29) is 12.5 Å². The zero-order valence-electron chi connectivity index (χ0n) is 20.1. The van der Waals surface area contributed by atoms with Crippen molar-refractivity contribution in [1.29, 1.82) is 0 Å². The lowest BCUT2D eigenvalue weighted by Gasteiger charge is -2.28. The van der Waals surface area contributed by atoms with Gasteiger partial charge < -0.3 is 14.7 Å². The fourth-order valence-electron chi connectivity index (χ4n) is 4.50. The molecule has 1 fully saturated rings. The normalized spacial score (nSPS) is 17.9. The Kier molecular flexibility index (Phi) is 8.48. The van der Waals surface area contributed by atoms with Gasteiger partial charge in [0.25, 0.3) is 0 Å². The van der Waals surface area contributed by atoms with E-state index in [9.17, 15) is 23.1 Å². The molecular formula is C28H31F3N2O3. The summed E-state index contributed by atoms with van der Waals surface area (Å²) in [5.41, 5.74) is 1.93. The molecule has 5 nitrogen and oxygen atoms in total. The van der Waals surface area contributed by atoms with Crippen LogP contribution in [-0.4, -0.2) is 66.2 Å². The molecule has 0 aliphatic carbocycles. The number of likely N-dealkylation sites (tertiary alicyclic amines) is 1. The number of hydrogen-bond acceptors (Lipinski definition) is 4. The highest BCUT2D eigenvalue weighted by molar-refractivity contribution is 5.92. The maximum absolute atomic E-state index is 12.8. The van der Waals surface area contributed by atoms with Crippen molar-refractivity contribution in [2.24, 2.45) is 0 Å². The maximum atomic E-state index is 12.8. The number of amides is 1. The second-order valence-corrected chi connectivity index (χ2v) is 9.18. The number of alkyl halides is 3. The molecule has 2 aliphatic rings. The summed E-state index contributed by atoms with van der Waals surface area (Å²) in [5, 5.41) is 10.5. The number of benzene rings is 2. The molecule has 1 atom stereocenters. The number of para-hydroxylation sites is 1. The summed E-state index contributed by atoms with van der Waals surface area (Å²) in [6, 6.07) is 12.6. The second-order valence-electron chi connectivity index (χ2n) is 9.18. The van der Waals surface area contributed by atoms with Crippen LogP contribution in [0.15, 0.2) is 60.7 Å². The van der Waals surface area contributed by atoms with Crippen LogP contribution in [0.25, 0.3) is 11.6 Å². The van der Waals surface area contributed by atoms with Crippen LogP contribution in [0.4, 0.5) is 13.2 Å². The molecule has 0 radical (unpaired) electrons. The molecular weight excluding hydrogens is 469 g/mol. The molecule has 1 N–H and O–H groups in total. The third kappa shape index (κ3) is 6.98. The molecule has 192 valence electrons. The summed E-state index contributed by atoms with van der Waals surface area (Å²) < 4.78 is 44.2. The largest absolute Gasteiger partial charge is 0.490 e. The lowest BCUT2D eigenvalue weighted by Crippen LogP contribution is -2.38. The molecule has 1 unspecified atom stereocenters. The van der Waals surface area contributed by atoms with Crippen molar-refractivity contribution in [3.63, 3.8) is 0 Å². The first-order valence-corrected chi connectivity index (χ1v) is 12.3. The number of hydrogen-bond donors (Lipinski definition) is 1. The molecule has 1 saturated heterocycles. The fraction of sp³-hybridized carbons (Fsp3) is 0.393. The van der Waals surface area contributed by atoms with Gasteiger partial charge in [-0.2, -0.15) is 13.2 Å². The molecule has 0 saturated carbocycles. The Morgan fingerprint density at radius 3 is 2.44 bits per heavy atom. The van der Waals surface area contributed by atoms with E-state index in [2.05, 4.69) is 4.90 Å². The summed E-state index contributed by atoms with van der Waals surface area (Å²) in [4.78, 5) is 16.2. The third-order valence-electron chi connectivity index (χ3n) is 6.52. The van der Waals surface area contributed by atoms with Gasteiger partial charge in [-0.15, -0.1) is 0 Å². The minimum Gasteiger partial charge on any atom is -0.490 e. The Morgan fingerprint density at radius 1 is 1.06 bits per heavy atom. The SMILES string of the molecule is O=C(C=Cc1ccccc1OCC(O)CN1CC=C(c2ccc(C(F)(F)F)cc2)CC1)N1CCCC1. The van der Waals surface area contributed by atoms with Gasteiger partial charge in [-0.05, 0) is 54.7 Å². The number of rotatable bonds is 8. The van der Waals surface area contributed by atoms with Crippen molar-refractivity contribution < 1.29 is 27.8 Å². The first kappa shape index (κ1) is 26.0. The van der Waals surface area contributed by atoms with Crippen molar-refractivity contribution in [2.75, 3.05) is 39.3 Å². The van der Waals surface area contributed by atoms with E-state index >= 15 is 0 Å². The number of aliphatic hydroxyl groups is 1. The topological polar surface area (TPSA) is 53.0 Å². The Hall–Kier alpha value is -3.10. The van der Waals surface area contributed by atoms with Gasteiger partial charge >= 0.3 is 6.18 Å². The van der Waals surface area contributed by atoms with Crippen molar-refractivity contribution >= 4 is 17.6 Å². The van der Waals surface area contributed by atoms with E-state index in [4.69, 9.17) is 4.74 Å². The fourth-order valence-corrected chi connectivity index (χ4v) is 4.50. The Balaban J connectivity index is 1.26. The van der Waals surface area contributed by atoms with E-state index in [1.165, 1.54) is 12.1 Å². The van der Waals surface area contributed by atoms with E-state index in [1.807, 2.05) is 35.2 Å². The lowest BCUT2D eigenvalue weighted by atomic mass is 9.98. The molecule has 0 spiro atoms. The predicted molar refractivity (Wildman–Crippen MR) is 133 cm³/mol. The molecule has 1 amide bonds. The molecule has 36 heavy (non-hydrogen) atoms. The highest BCUT2D eigenvalue weighted by Gasteiger charge is 2.30. The minimum absolute atomic E-state index is 0.00356. The lowest BCUT2D eigenvalue weighted by molar-refractivity contribution is -0.137. The van der Waals surface area contributed by atoms with Gasteiger partial charge in [-0.1, -0.05) is 36.4 Å². The van der Waals surface area contributed by atoms with Crippen LogP contribution >= 0.6 is 0 Å². The van der Waals surface area contributed by atoms with E-state index in [0.29, 0.717) is 31.8 Å². The monoisotopic (exact) mass is 500 g/mol. The van der Waals surface area contributed by atoms with Crippen molar-refractivity contribution in [2.45, 2.75) is 31.5 Å². The van der Waals surface area contributed by atoms with Gasteiger partial charge in [0.2, 0.25) is 5.91 Å². The van der Waals surface area contributed by atoms with Gasteiger partial charge in [0.1, 0.15) is 18.5 Å². The first-order chi connectivity index (χ1) is 17.3. The zero-order chi connectivity index (χ0) is 25.5. The second kappa shape index (κ2) is 11.8. The van der Waals surface area contributed by atoms with Crippen LogP contribution in [0, 0.1) is 0 Å². The minimum atomic E-state index is -4.34. The smallest absolute Gasteiger partial charge is 0.416 e. The van der Waals surface area contributed by atoms with Gasteiger partial charge in [-0.25, -0.2) is 0 Å². The highest BCUT2D eigenvalue weighted by atomic mass is 19.4. The summed E-state index contributed by atoms with van der Waals surface area (Å²) in [6.45, 7) is 3.42. The van der Waals surface area contributed by atoms with Crippen LogP contribution < -0.4 is 4.74 Å². The van der Waals surface area contributed by atoms with Gasteiger partial charge in [0.05, 0.1) is 5.56 Å². The summed E-state index contributed by atoms with van der Waals surface area (Å²) >= 11 is 0. The number of carbonyl (C=O) groups is 1. The maximum Gasteiger partial charge on any atom is 0.416 e. The molecule has 8 heteroatoms. The number of aliphatic hydroxyl groups excluding tert-OH is 1. The highest BCUT2D eigenvalue weighted by Crippen LogP contribution is 2.31. The number of β-amino-alcohol motifs (C(OH)–C–C–N with tert-alkyl or cyclic N) is 1. The zero-order valence-corrected chi connectivity index (χ0v) is 20.1. The van der Waals surface area contributed by atoms with Gasteiger partial charge in [-0.3, -0.25) is 9.69 Å². The van der Waals surface area contributed by atoms with E-state index < -0.39 is 17.8 Å². The average molecular weight is 501 g/mol. The number of carbonyl (C=O) groups excluding carboxylic acids is 1. The summed E-state index contributed by atoms with van der Waals surface area (Å²) in [5.74, 6) is 0.598. The number of halogens is 3. The molecule has 4 rings (SSSR count). The van der Waals surface area contributed by atoms with Gasteiger partial charge in [0.15, 0.2) is 0 Å². The standard InChI is InChI=1S/C28H31F3N2O3/c29-28(30,31)24-10-7-21(8-11-24)22-13-17-32(18-14-22)19-25(34)20-36-26-6-2-1-5-23(26)9-12-27(35)33-15-3-4-16-33/h1-2,5-13,25,34H,3-4,14-20H2. The third-order valence-corrected chi connectivity index (χ3v) is 6.52. The van der Waals surface area contributed by atoms with Crippen molar-refractivity contribution in [3.05, 3.63) is 77.4 Å². The number of nitrogens with zero attached hydrogens (tertiary/aromatic N) is 2. The van der Waals surface area contributed by atoms with E-state index in [1.54, 1.807) is 12.2 Å². The quantitative estimate of drug-likeness (QED) is 0.526. The van der Waals surface area contributed by atoms with Crippen LogP contribution in [-0.2, 0) is 11.0 Å². The number of ether oxygens (including phenoxy) is 1. The van der Waals surface area contributed by atoms with Crippen molar-refractivity contribution in [3.8, 4) is 5.75 Å². The summed E-state index contributed by atoms with van der Waals surface area (Å²) in [7, 11) is 0. The van der Waals surface area contributed by atoms with Gasteiger partial charge in [0, 0.05) is 44.4 Å². The van der Waals surface area contributed by atoms with Crippen molar-refractivity contribution in [1.82, 2.24) is 9.80 Å². The molecule has 2 aromatic rings. The molecule has 2 aliphatic heterocycles. The van der Waals surface area contributed by atoms with E-state index in [0.717, 1.165) is 54.8 Å². The summed E-state index contributed by atoms with van der Waals surface area (Å²) in [6.07, 6.45) is 3.04.